The zero-order chi connectivity index (χ0) is 12.8. The molecule has 92 valence electrons. The van der Waals surface area contributed by atoms with E-state index in [4.69, 9.17) is 0 Å². The number of ether oxygens (including phenoxy) is 1. The van der Waals surface area contributed by atoms with Gasteiger partial charge in [-0.15, -0.1) is 5.10 Å². The highest BCUT2D eigenvalue weighted by atomic mass is 16.5. The highest BCUT2D eigenvalue weighted by Crippen LogP contribution is 2.01. The second-order valence-corrected chi connectivity index (χ2v) is 3.59. The Morgan fingerprint density at radius 2 is 2.17 bits per heavy atom. The van der Waals surface area contributed by atoms with E-state index in [0.29, 0.717) is 6.54 Å². The predicted octanol–water partition coefficient (Wildman–Crippen LogP) is 1.78. The third-order valence-corrected chi connectivity index (χ3v) is 2.31. The second-order valence-electron chi connectivity index (χ2n) is 3.59. The molecule has 5 heteroatoms. The number of benzene rings is 1. The van der Waals surface area contributed by atoms with E-state index in [-0.39, 0.29) is 5.82 Å². The van der Waals surface area contributed by atoms with Crippen LogP contribution in [0.25, 0.3) is 6.08 Å². The lowest BCUT2D eigenvalue weighted by molar-refractivity contribution is 0.0586. The Morgan fingerprint density at radius 1 is 1.39 bits per heavy atom. The Kier molecular flexibility index (Phi) is 3.86. The van der Waals surface area contributed by atoms with Crippen LogP contribution in [0.5, 0.6) is 0 Å². The van der Waals surface area contributed by atoms with Crippen LogP contribution in [0, 0.1) is 0 Å². The summed E-state index contributed by atoms with van der Waals surface area (Å²) in [7, 11) is 1.30. The molecule has 0 spiro atoms. The van der Waals surface area contributed by atoms with Gasteiger partial charge in [-0.1, -0.05) is 42.5 Å². The number of esters is 1. The summed E-state index contributed by atoms with van der Waals surface area (Å²) in [5.74, 6) is -0.452. The van der Waals surface area contributed by atoms with Crippen LogP contribution in [0.15, 0.2) is 42.7 Å². The average molecular weight is 243 g/mol. The molecule has 0 atom stereocenters. The highest BCUT2D eigenvalue weighted by molar-refractivity contribution is 5.84. The summed E-state index contributed by atoms with van der Waals surface area (Å²) in [6.07, 6.45) is 5.44. The highest BCUT2D eigenvalue weighted by Gasteiger charge is 2.10. The van der Waals surface area contributed by atoms with E-state index in [1.807, 2.05) is 42.5 Å². The predicted molar refractivity (Wildman–Crippen MR) is 66.8 cm³/mol. The lowest BCUT2D eigenvalue weighted by atomic mass is 10.2. The monoisotopic (exact) mass is 243 g/mol. The zero-order valence-corrected chi connectivity index (χ0v) is 9.98. The third-order valence-electron chi connectivity index (χ3n) is 2.31. The third kappa shape index (κ3) is 3.04. The molecule has 2 aromatic rings. The molecule has 0 radical (unpaired) electrons. The van der Waals surface area contributed by atoms with Crippen molar-refractivity contribution in [3.63, 3.8) is 0 Å². The Morgan fingerprint density at radius 3 is 2.89 bits per heavy atom. The maximum atomic E-state index is 11.1. The molecule has 0 aliphatic heterocycles. The van der Waals surface area contributed by atoms with E-state index in [2.05, 4.69) is 14.8 Å². The van der Waals surface area contributed by atoms with Gasteiger partial charge in [0.2, 0.25) is 0 Å². The van der Waals surface area contributed by atoms with Crippen molar-refractivity contribution in [1.29, 1.82) is 0 Å². The van der Waals surface area contributed by atoms with Gasteiger partial charge in [-0.05, 0) is 5.56 Å². The van der Waals surface area contributed by atoms with Crippen LogP contribution in [-0.4, -0.2) is 27.8 Å². The summed E-state index contributed by atoms with van der Waals surface area (Å²) in [5.41, 5.74) is 1.12. The van der Waals surface area contributed by atoms with Crippen molar-refractivity contribution in [3.8, 4) is 0 Å². The molecule has 0 aliphatic carbocycles. The van der Waals surface area contributed by atoms with Gasteiger partial charge in [0.15, 0.2) is 0 Å². The number of allylic oxidation sites excluding steroid dienone is 1. The summed E-state index contributed by atoms with van der Waals surface area (Å²) in [5, 5.41) is 3.99. The van der Waals surface area contributed by atoms with Crippen LogP contribution in [0.4, 0.5) is 0 Å². The lowest BCUT2D eigenvalue weighted by Gasteiger charge is -1.94. The minimum atomic E-state index is -0.527. The van der Waals surface area contributed by atoms with Crippen LogP contribution < -0.4 is 0 Å². The van der Waals surface area contributed by atoms with Crippen LogP contribution in [0.2, 0.25) is 0 Å². The van der Waals surface area contributed by atoms with E-state index < -0.39 is 5.97 Å². The fraction of sp³-hybridized carbons (Fsp3) is 0.154. The molecule has 18 heavy (non-hydrogen) atoms. The first kappa shape index (κ1) is 12.0. The number of hydrogen-bond acceptors (Lipinski definition) is 4. The molecule has 0 saturated heterocycles. The van der Waals surface area contributed by atoms with Gasteiger partial charge in [0.25, 0.3) is 5.82 Å². The summed E-state index contributed by atoms with van der Waals surface area (Å²) in [6.45, 7) is 0.554. The number of hydrogen-bond donors (Lipinski definition) is 0. The molecular formula is C13H13N3O2. The van der Waals surface area contributed by atoms with E-state index in [9.17, 15) is 4.79 Å². The lowest BCUT2D eigenvalue weighted by Crippen LogP contribution is -2.05. The first-order valence-corrected chi connectivity index (χ1v) is 5.49. The van der Waals surface area contributed by atoms with E-state index in [1.54, 1.807) is 4.68 Å². The molecular weight excluding hydrogens is 230 g/mol. The number of carbonyl (C=O) groups is 1. The maximum absolute atomic E-state index is 11.1. The van der Waals surface area contributed by atoms with Gasteiger partial charge in [-0.25, -0.2) is 14.5 Å². The standard InChI is InChI=1S/C13H13N3O2/c1-18-13(17)12-14-10-16(15-12)9-5-8-11-6-3-2-4-7-11/h2-8,10H,9H2,1H3/b8-5+. The van der Waals surface area contributed by atoms with Crippen molar-refractivity contribution in [2.45, 2.75) is 6.54 Å². The van der Waals surface area contributed by atoms with E-state index >= 15 is 0 Å². The molecule has 1 aromatic carbocycles. The molecule has 0 bridgehead atoms. The number of aromatic nitrogens is 3. The van der Waals surface area contributed by atoms with Gasteiger partial charge < -0.3 is 4.74 Å². The molecule has 2 rings (SSSR count). The molecule has 0 N–H and O–H groups in total. The Bertz CT molecular complexity index is 546. The Hall–Kier alpha value is -2.43. The number of nitrogens with zero attached hydrogens (tertiary/aromatic N) is 3. The molecule has 1 aromatic heterocycles. The van der Waals surface area contributed by atoms with Crippen molar-refractivity contribution in [3.05, 3.63) is 54.1 Å². The fourth-order valence-corrected chi connectivity index (χ4v) is 1.43. The largest absolute Gasteiger partial charge is 0.463 e. The second kappa shape index (κ2) is 5.77. The number of carbonyl (C=O) groups excluding carboxylic acids is 1. The van der Waals surface area contributed by atoms with Crippen molar-refractivity contribution in [1.82, 2.24) is 14.8 Å². The SMILES string of the molecule is COC(=O)c1ncn(C/C=C/c2ccccc2)n1. The van der Waals surface area contributed by atoms with Crippen molar-refractivity contribution in [2.75, 3.05) is 7.11 Å². The van der Waals surface area contributed by atoms with Crippen molar-refractivity contribution < 1.29 is 9.53 Å². The van der Waals surface area contributed by atoms with E-state index in [1.165, 1.54) is 13.4 Å². The summed E-state index contributed by atoms with van der Waals surface area (Å²) >= 11 is 0. The topological polar surface area (TPSA) is 57.0 Å². The Labute approximate surface area is 105 Å². The molecule has 0 unspecified atom stereocenters. The van der Waals surface area contributed by atoms with Gasteiger partial charge in [0.05, 0.1) is 13.7 Å². The quantitative estimate of drug-likeness (QED) is 0.768. The number of rotatable bonds is 4. The molecule has 5 nitrogen and oxygen atoms in total. The van der Waals surface area contributed by atoms with Crippen molar-refractivity contribution in [2.24, 2.45) is 0 Å². The Balaban J connectivity index is 1.96. The average Bonchev–Trinajstić information content (AvgIpc) is 2.88. The van der Waals surface area contributed by atoms with Crippen molar-refractivity contribution >= 4 is 12.0 Å². The van der Waals surface area contributed by atoms with Gasteiger partial charge in [-0.2, -0.15) is 0 Å². The van der Waals surface area contributed by atoms with Gasteiger partial charge in [0, 0.05) is 0 Å². The minimum Gasteiger partial charge on any atom is -0.463 e. The van der Waals surface area contributed by atoms with Crippen LogP contribution >= 0.6 is 0 Å². The molecule has 0 fully saturated rings. The summed E-state index contributed by atoms with van der Waals surface area (Å²) in [6, 6.07) is 9.95. The first-order chi connectivity index (χ1) is 8.79. The van der Waals surface area contributed by atoms with Gasteiger partial charge >= 0.3 is 5.97 Å². The molecule has 0 saturated carbocycles. The maximum Gasteiger partial charge on any atom is 0.377 e. The summed E-state index contributed by atoms with van der Waals surface area (Å²) in [4.78, 5) is 15.0. The molecule has 0 aliphatic rings. The minimum absolute atomic E-state index is 0.0746. The normalized spacial score (nSPS) is 10.7. The fourth-order valence-electron chi connectivity index (χ4n) is 1.43. The van der Waals surface area contributed by atoms with E-state index in [0.717, 1.165) is 5.56 Å². The van der Waals surface area contributed by atoms with Crippen LogP contribution in [0.1, 0.15) is 16.2 Å². The smallest absolute Gasteiger partial charge is 0.377 e. The van der Waals surface area contributed by atoms with Crippen LogP contribution in [-0.2, 0) is 11.3 Å². The number of methoxy groups -OCH3 is 1. The van der Waals surface area contributed by atoms with Gasteiger partial charge in [0.1, 0.15) is 6.33 Å². The van der Waals surface area contributed by atoms with Gasteiger partial charge in [-0.3, -0.25) is 0 Å². The summed E-state index contributed by atoms with van der Waals surface area (Å²) < 4.78 is 6.10. The zero-order valence-electron chi connectivity index (χ0n) is 9.98. The van der Waals surface area contributed by atoms with Crippen LogP contribution in [0.3, 0.4) is 0 Å². The molecule has 0 amide bonds. The molecule has 1 heterocycles. The first-order valence-electron chi connectivity index (χ1n) is 5.49.